The van der Waals surface area contributed by atoms with Gasteiger partial charge in [0, 0.05) is 32.0 Å². The largest absolute Gasteiger partial charge is 0.369 e. The van der Waals surface area contributed by atoms with Gasteiger partial charge in [0.2, 0.25) is 0 Å². The van der Waals surface area contributed by atoms with Crippen LogP contribution in [0.3, 0.4) is 0 Å². The highest BCUT2D eigenvalue weighted by atomic mass is 79.9. The van der Waals surface area contributed by atoms with Crippen molar-refractivity contribution >= 4 is 48.5 Å². The van der Waals surface area contributed by atoms with E-state index >= 15 is 0 Å². The summed E-state index contributed by atoms with van der Waals surface area (Å²) in [5.41, 5.74) is 1.23. The Hall–Kier alpha value is -1.45. The second kappa shape index (κ2) is 6.35. The van der Waals surface area contributed by atoms with Gasteiger partial charge in [-0.1, -0.05) is 0 Å². The summed E-state index contributed by atoms with van der Waals surface area (Å²) in [6, 6.07) is 5.83. The van der Waals surface area contributed by atoms with Gasteiger partial charge in [-0.3, -0.25) is 10.1 Å². The van der Waals surface area contributed by atoms with Gasteiger partial charge in [0.15, 0.2) is 9.84 Å². The Kier molecular flexibility index (Phi) is 4.88. The molecule has 0 amide bonds. The molecule has 0 spiro atoms. The molecule has 0 N–H and O–H groups in total. The molecule has 0 atom stereocenters. The van der Waals surface area contributed by atoms with E-state index < -0.39 is 14.8 Å². The molecule has 1 aromatic heterocycles. The lowest BCUT2D eigenvalue weighted by molar-refractivity contribution is -0.385. The average molecular weight is 405 g/mol. The van der Waals surface area contributed by atoms with E-state index in [1.807, 2.05) is 11.4 Å². The zero-order chi connectivity index (χ0) is 16.5. The number of halogens is 1. The standard InChI is InChI=1S/C13H13BrN2O4S2/c1-15(7-9-5-13(14)21-8-9)11-4-3-10(16(17)18)6-12(11)22(2,19)20/h3-6,8H,7H2,1-2H3. The van der Waals surface area contributed by atoms with Crippen molar-refractivity contribution in [3.05, 3.63) is 49.1 Å². The Morgan fingerprint density at radius 2 is 2.05 bits per heavy atom. The van der Waals surface area contributed by atoms with Gasteiger partial charge in [0.05, 0.1) is 19.3 Å². The molecule has 0 saturated carbocycles. The first-order valence-electron chi connectivity index (χ1n) is 6.11. The molecule has 0 aliphatic heterocycles. The Bertz CT molecular complexity index is 817. The van der Waals surface area contributed by atoms with Gasteiger partial charge in [0.25, 0.3) is 5.69 Å². The summed E-state index contributed by atoms with van der Waals surface area (Å²) in [4.78, 5) is 12.0. The summed E-state index contributed by atoms with van der Waals surface area (Å²) in [5.74, 6) is 0. The molecule has 118 valence electrons. The molecule has 0 bridgehead atoms. The first-order chi connectivity index (χ1) is 10.2. The number of hydrogen-bond acceptors (Lipinski definition) is 6. The number of nitro benzene ring substituents is 1. The third kappa shape index (κ3) is 3.84. The fraction of sp³-hybridized carbons (Fsp3) is 0.231. The number of benzene rings is 1. The Labute approximate surface area is 140 Å². The van der Waals surface area contributed by atoms with E-state index in [0.29, 0.717) is 12.2 Å². The Morgan fingerprint density at radius 3 is 2.55 bits per heavy atom. The lowest BCUT2D eigenvalue weighted by Crippen LogP contribution is -2.19. The summed E-state index contributed by atoms with van der Waals surface area (Å²) < 4.78 is 24.9. The van der Waals surface area contributed by atoms with Gasteiger partial charge >= 0.3 is 0 Å². The van der Waals surface area contributed by atoms with Crippen molar-refractivity contribution in [1.29, 1.82) is 0 Å². The molecule has 0 fully saturated rings. The third-order valence-electron chi connectivity index (χ3n) is 3.01. The Morgan fingerprint density at radius 1 is 1.36 bits per heavy atom. The summed E-state index contributed by atoms with van der Waals surface area (Å²) in [7, 11) is -1.82. The van der Waals surface area contributed by atoms with Crippen molar-refractivity contribution in [3.63, 3.8) is 0 Å². The van der Waals surface area contributed by atoms with Crippen LogP contribution in [0, 0.1) is 10.1 Å². The van der Waals surface area contributed by atoms with Gasteiger partial charge in [-0.15, -0.1) is 11.3 Å². The number of hydrogen-bond donors (Lipinski definition) is 0. The van der Waals surface area contributed by atoms with E-state index in [4.69, 9.17) is 0 Å². The first-order valence-corrected chi connectivity index (χ1v) is 9.67. The van der Waals surface area contributed by atoms with Gasteiger partial charge in [-0.25, -0.2) is 8.42 Å². The van der Waals surface area contributed by atoms with Gasteiger partial charge in [-0.05, 0) is 39.0 Å². The minimum atomic E-state index is -3.57. The number of nitro groups is 1. The number of sulfone groups is 1. The van der Waals surface area contributed by atoms with Crippen molar-refractivity contribution in [2.24, 2.45) is 0 Å². The maximum Gasteiger partial charge on any atom is 0.270 e. The molecule has 1 heterocycles. The van der Waals surface area contributed by atoms with Crippen molar-refractivity contribution in [3.8, 4) is 0 Å². The van der Waals surface area contributed by atoms with E-state index in [1.165, 1.54) is 12.1 Å². The van der Waals surface area contributed by atoms with Crippen LogP contribution in [0.4, 0.5) is 11.4 Å². The van der Waals surface area contributed by atoms with Crippen LogP contribution in [0.5, 0.6) is 0 Å². The molecule has 0 aliphatic rings. The Balaban J connectivity index is 2.43. The van der Waals surface area contributed by atoms with Crippen molar-refractivity contribution < 1.29 is 13.3 Å². The minimum absolute atomic E-state index is 0.0431. The molecule has 9 heteroatoms. The van der Waals surface area contributed by atoms with Crippen molar-refractivity contribution in [2.45, 2.75) is 11.4 Å². The van der Waals surface area contributed by atoms with E-state index in [-0.39, 0.29) is 10.6 Å². The smallest absolute Gasteiger partial charge is 0.270 e. The second-order valence-electron chi connectivity index (χ2n) is 4.80. The molecule has 22 heavy (non-hydrogen) atoms. The molecule has 6 nitrogen and oxygen atoms in total. The second-order valence-corrected chi connectivity index (χ2v) is 9.07. The maximum absolute atomic E-state index is 11.9. The predicted molar refractivity (Wildman–Crippen MR) is 90.3 cm³/mol. The van der Waals surface area contributed by atoms with E-state index in [1.54, 1.807) is 23.3 Å². The molecule has 2 aromatic rings. The van der Waals surface area contributed by atoms with Gasteiger partial charge in [-0.2, -0.15) is 0 Å². The topological polar surface area (TPSA) is 80.5 Å². The molecule has 0 saturated heterocycles. The van der Waals surface area contributed by atoms with Crippen LogP contribution in [-0.4, -0.2) is 26.6 Å². The lowest BCUT2D eigenvalue weighted by Gasteiger charge is -2.21. The molecule has 1 aromatic carbocycles. The lowest BCUT2D eigenvalue weighted by atomic mass is 10.2. The van der Waals surface area contributed by atoms with Crippen molar-refractivity contribution in [1.82, 2.24) is 0 Å². The fourth-order valence-electron chi connectivity index (χ4n) is 2.02. The van der Waals surface area contributed by atoms with Crippen LogP contribution >= 0.6 is 27.3 Å². The van der Waals surface area contributed by atoms with Crippen LogP contribution < -0.4 is 4.90 Å². The van der Waals surface area contributed by atoms with E-state index in [0.717, 1.165) is 21.7 Å². The highest BCUT2D eigenvalue weighted by Crippen LogP contribution is 2.30. The normalized spacial score (nSPS) is 11.4. The highest BCUT2D eigenvalue weighted by molar-refractivity contribution is 9.11. The van der Waals surface area contributed by atoms with Gasteiger partial charge in [0.1, 0.15) is 0 Å². The molecule has 0 aliphatic carbocycles. The number of nitrogens with zero attached hydrogens (tertiary/aromatic N) is 2. The maximum atomic E-state index is 11.9. The zero-order valence-corrected chi connectivity index (χ0v) is 15.0. The molecular formula is C13H13BrN2O4S2. The molecule has 0 unspecified atom stereocenters. The van der Waals surface area contributed by atoms with Crippen LogP contribution in [0.15, 0.2) is 38.3 Å². The van der Waals surface area contributed by atoms with Crippen LogP contribution in [0.2, 0.25) is 0 Å². The van der Waals surface area contributed by atoms with Crippen LogP contribution in [-0.2, 0) is 16.4 Å². The van der Waals surface area contributed by atoms with Crippen LogP contribution in [0.1, 0.15) is 5.56 Å². The summed E-state index contributed by atoms with van der Waals surface area (Å²) in [6.45, 7) is 0.502. The van der Waals surface area contributed by atoms with E-state index in [9.17, 15) is 18.5 Å². The SMILES string of the molecule is CN(Cc1csc(Br)c1)c1ccc([N+](=O)[O-])cc1S(C)(=O)=O. The zero-order valence-electron chi connectivity index (χ0n) is 11.8. The molecule has 0 radical (unpaired) electrons. The fourth-order valence-corrected chi connectivity index (χ4v) is 4.16. The first kappa shape index (κ1) is 16.9. The minimum Gasteiger partial charge on any atom is -0.369 e. The number of thiophene rings is 1. The number of non-ortho nitro benzene ring substituents is 1. The monoisotopic (exact) mass is 404 g/mol. The predicted octanol–water partition coefficient (Wildman–Crippen LogP) is 3.46. The number of rotatable bonds is 5. The summed E-state index contributed by atoms with van der Waals surface area (Å²) in [6.07, 6.45) is 1.05. The third-order valence-corrected chi connectivity index (χ3v) is 5.69. The quantitative estimate of drug-likeness (QED) is 0.562. The van der Waals surface area contributed by atoms with Crippen molar-refractivity contribution in [2.75, 3.05) is 18.2 Å². The van der Waals surface area contributed by atoms with Gasteiger partial charge < -0.3 is 4.90 Å². The molecular weight excluding hydrogens is 392 g/mol. The summed E-state index contributed by atoms with van der Waals surface area (Å²) in [5, 5.41) is 12.8. The van der Waals surface area contributed by atoms with Crippen LogP contribution in [0.25, 0.3) is 0 Å². The summed E-state index contributed by atoms with van der Waals surface area (Å²) >= 11 is 4.92. The highest BCUT2D eigenvalue weighted by Gasteiger charge is 2.20. The van der Waals surface area contributed by atoms with E-state index in [2.05, 4.69) is 15.9 Å². The molecule has 2 rings (SSSR count). The number of anilines is 1. The average Bonchev–Trinajstić information content (AvgIpc) is 2.82.